The maximum absolute atomic E-state index is 12.0. The Kier molecular flexibility index (Phi) is 5.31. The first-order valence-corrected chi connectivity index (χ1v) is 10.8. The number of carbonyl (C=O) groups excluding carboxylic acids is 1. The minimum absolute atomic E-state index is 0.107. The predicted octanol–water partition coefficient (Wildman–Crippen LogP) is 4.09. The Balaban J connectivity index is 1.85. The molecule has 3 rings (SSSR count). The van der Waals surface area contributed by atoms with E-state index in [1.54, 1.807) is 12.1 Å². The van der Waals surface area contributed by atoms with Crippen molar-refractivity contribution in [1.82, 2.24) is 4.57 Å². The Labute approximate surface area is 163 Å². The third kappa shape index (κ3) is 4.17. The number of sulfone groups is 1. The summed E-state index contributed by atoms with van der Waals surface area (Å²) in [6.07, 6.45) is 3.91. The molecule has 1 aromatic heterocycles. The van der Waals surface area contributed by atoms with Crippen LogP contribution >= 0.6 is 11.6 Å². The second-order valence-electron chi connectivity index (χ2n) is 6.64. The molecule has 2 aromatic carbocycles. The van der Waals surface area contributed by atoms with E-state index >= 15 is 0 Å². The summed E-state index contributed by atoms with van der Waals surface area (Å²) in [5.74, 6) is -0.107. The van der Waals surface area contributed by atoms with Crippen molar-refractivity contribution in [2.45, 2.75) is 18.2 Å². The average Bonchev–Trinajstić information content (AvgIpc) is 2.89. The Hall–Kier alpha value is -2.31. The van der Waals surface area contributed by atoms with Gasteiger partial charge in [0.25, 0.3) is 0 Å². The number of halogens is 1. The number of carbonyl (C=O) groups is 1. The van der Waals surface area contributed by atoms with Gasteiger partial charge in [-0.1, -0.05) is 17.7 Å². The summed E-state index contributed by atoms with van der Waals surface area (Å²) >= 11 is 6.07. The van der Waals surface area contributed by atoms with E-state index in [9.17, 15) is 13.2 Å². The molecule has 7 heteroatoms. The zero-order valence-electron chi connectivity index (χ0n) is 15.4. The van der Waals surface area contributed by atoms with E-state index in [0.29, 0.717) is 29.2 Å². The Morgan fingerprint density at radius 3 is 2.59 bits per heavy atom. The topological polar surface area (TPSA) is 68.2 Å². The van der Waals surface area contributed by atoms with E-state index in [4.69, 9.17) is 11.6 Å². The van der Waals surface area contributed by atoms with Crippen LogP contribution in [0.2, 0.25) is 5.02 Å². The van der Waals surface area contributed by atoms with Crippen LogP contribution in [0.5, 0.6) is 0 Å². The number of hydrogen-bond donors (Lipinski definition) is 1. The molecule has 0 unspecified atom stereocenters. The van der Waals surface area contributed by atoms with Gasteiger partial charge < -0.3 is 9.88 Å². The Morgan fingerprint density at radius 1 is 1.19 bits per heavy atom. The normalized spacial score (nSPS) is 11.7. The standard InChI is InChI=1S/C20H21ClN2O3S/c1-13(24)14-4-7-20(27(3,25)26)18(10-14)22-9-8-15-12-23(2)19-11-16(21)5-6-17(15)19/h4-7,10-12,22H,8-9H2,1-3H3. The van der Waals surface area contributed by atoms with Crippen LogP contribution in [0.3, 0.4) is 0 Å². The maximum Gasteiger partial charge on any atom is 0.177 e. The molecule has 142 valence electrons. The summed E-state index contributed by atoms with van der Waals surface area (Å²) in [7, 11) is -1.43. The van der Waals surface area contributed by atoms with E-state index in [1.165, 1.54) is 13.0 Å². The van der Waals surface area contributed by atoms with Gasteiger partial charge in [0.15, 0.2) is 15.6 Å². The number of fused-ring (bicyclic) bond motifs is 1. The molecular formula is C20H21ClN2O3S. The molecule has 0 saturated carbocycles. The third-order valence-corrected chi connectivity index (χ3v) is 5.92. The van der Waals surface area contributed by atoms with Crippen LogP contribution in [0.25, 0.3) is 10.9 Å². The lowest BCUT2D eigenvalue weighted by Gasteiger charge is -2.12. The molecule has 1 heterocycles. The molecule has 0 saturated heterocycles. The smallest absolute Gasteiger partial charge is 0.177 e. The van der Waals surface area contributed by atoms with Gasteiger partial charge in [-0.2, -0.15) is 0 Å². The van der Waals surface area contributed by atoms with E-state index in [0.717, 1.165) is 22.7 Å². The Bertz CT molecular complexity index is 1130. The first kappa shape index (κ1) is 19.5. The van der Waals surface area contributed by atoms with E-state index in [1.807, 2.05) is 36.0 Å². The van der Waals surface area contributed by atoms with Crippen LogP contribution in [0.1, 0.15) is 22.8 Å². The molecule has 0 atom stereocenters. The van der Waals surface area contributed by atoms with Gasteiger partial charge in [0.2, 0.25) is 0 Å². The predicted molar refractivity (Wildman–Crippen MR) is 110 cm³/mol. The average molecular weight is 405 g/mol. The van der Waals surface area contributed by atoms with Gasteiger partial charge in [0.05, 0.1) is 10.6 Å². The van der Waals surface area contributed by atoms with Gasteiger partial charge in [0.1, 0.15) is 0 Å². The van der Waals surface area contributed by atoms with Crippen molar-refractivity contribution < 1.29 is 13.2 Å². The van der Waals surface area contributed by atoms with Crippen molar-refractivity contribution in [3.05, 3.63) is 58.7 Å². The zero-order valence-corrected chi connectivity index (χ0v) is 17.0. The van der Waals surface area contributed by atoms with Crippen molar-refractivity contribution in [3.63, 3.8) is 0 Å². The highest BCUT2D eigenvalue weighted by atomic mass is 35.5. The number of nitrogens with one attached hydrogen (secondary N) is 1. The van der Waals surface area contributed by atoms with Crippen molar-refractivity contribution in [2.24, 2.45) is 7.05 Å². The number of benzene rings is 2. The molecular weight excluding hydrogens is 384 g/mol. The highest BCUT2D eigenvalue weighted by molar-refractivity contribution is 7.90. The van der Waals surface area contributed by atoms with Crippen molar-refractivity contribution in [1.29, 1.82) is 0 Å². The fourth-order valence-corrected chi connectivity index (χ4v) is 4.19. The van der Waals surface area contributed by atoms with Crippen LogP contribution in [0.15, 0.2) is 47.5 Å². The first-order valence-electron chi connectivity index (χ1n) is 8.49. The SMILES string of the molecule is CC(=O)c1ccc(S(C)(=O)=O)c(NCCc2cn(C)c3cc(Cl)ccc23)c1. The van der Waals surface area contributed by atoms with E-state index in [2.05, 4.69) is 5.32 Å². The molecule has 27 heavy (non-hydrogen) atoms. The number of aromatic nitrogens is 1. The third-order valence-electron chi connectivity index (χ3n) is 4.53. The van der Waals surface area contributed by atoms with Crippen molar-refractivity contribution in [2.75, 3.05) is 18.1 Å². The minimum atomic E-state index is -3.40. The van der Waals surface area contributed by atoms with Crippen LogP contribution in [-0.4, -0.2) is 31.6 Å². The summed E-state index contributed by atoms with van der Waals surface area (Å²) < 4.78 is 26.1. The fraction of sp³-hybridized carbons (Fsp3) is 0.250. The van der Waals surface area contributed by atoms with Crippen LogP contribution in [-0.2, 0) is 23.3 Å². The number of aryl methyl sites for hydroxylation is 1. The highest BCUT2D eigenvalue weighted by Gasteiger charge is 2.15. The second-order valence-corrected chi connectivity index (χ2v) is 9.06. The number of hydrogen-bond acceptors (Lipinski definition) is 4. The number of rotatable bonds is 6. The highest BCUT2D eigenvalue weighted by Crippen LogP contribution is 2.26. The molecule has 0 amide bonds. The molecule has 0 bridgehead atoms. The van der Waals surface area contributed by atoms with Crippen molar-refractivity contribution >= 4 is 43.8 Å². The quantitative estimate of drug-likeness (QED) is 0.628. The monoisotopic (exact) mass is 404 g/mol. The molecule has 0 radical (unpaired) electrons. The molecule has 0 aliphatic heterocycles. The first-order chi connectivity index (χ1) is 12.7. The second kappa shape index (κ2) is 7.37. The van der Waals surface area contributed by atoms with Crippen molar-refractivity contribution in [3.8, 4) is 0 Å². The Morgan fingerprint density at radius 2 is 1.93 bits per heavy atom. The molecule has 0 aliphatic rings. The lowest BCUT2D eigenvalue weighted by atomic mass is 10.1. The van der Waals surface area contributed by atoms with Gasteiger partial charge in [-0.15, -0.1) is 0 Å². The van der Waals surface area contributed by atoms with Gasteiger partial charge in [0, 0.05) is 47.5 Å². The molecule has 0 fully saturated rings. The zero-order chi connectivity index (χ0) is 19.8. The molecule has 5 nitrogen and oxygen atoms in total. The summed E-state index contributed by atoms with van der Waals surface area (Å²) in [6.45, 7) is 1.99. The lowest BCUT2D eigenvalue weighted by molar-refractivity contribution is 0.101. The van der Waals surface area contributed by atoms with Crippen LogP contribution < -0.4 is 5.32 Å². The lowest BCUT2D eigenvalue weighted by Crippen LogP contribution is -2.10. The van der Waals surface area contributed by atoms with Crippen LogP contribution in [0, 0.1) is 0 Å². The van der Waals surface area contributed by atoms with Gasteiger partial charge >= 0.3 is 0 Å². The van der Waals surface area contributed by atoms with Crippen LogP contribution in [0.4, 0.5) is 5.69 Å². The maximum atomic E-state index is 12.0. The molecule has 1 N–H and O–H groups in total. The molecule has 3 aromatic rings. The largest absolute Gasteiger partial charge is 0.384 e. The number of Topliss-reactive ketones (excluding diaryl/α,β-unsaturated/α-hetero) is 1. The molecule has 0 spiro atoms. The number of anilines is 1. The van der Waals surface area contributed by atoms with Gasteiger partial charge in [-0.25, -0.2) is 8.42 Å². The number of ketones is 1. The van der Waals surface area contributed by atoms with E-state index in [-0.39, 0.29) is 10.7 Å². The summed E-state index contributed by atoms with van der Waals surface area (Å²) in [5.41, 5.74) is 3.12. The summed E-state index contributed by atoms with van der Waals surface area (Å²) in [4.78, 5) is 11.8. The summed E-state index contributed by atoms with van der Waals surface area (Å²) in [6, 6.07) is 10.4. The van der Waals surface area contributed by atoms with E-state index < -0.39 is 9.84 Å². The van der Waals surface area contributed by atoms with Gasteiger partial charge in [-0.3, -0.25) is 4.79 Å². The van der Waals surface area contributed by atoms with Gasteiger partial charge in [-0.05, 0) is 49.2 Å². The number of nitrogens with zero attached hydrogens (tertiary/aromatic N) is 1. The fourth-order valence-electron chi connectivity index (χ4n) is 3.18. The minimum Gasteiger partial charge on any atom is -0.384 e. The molecule has 0 aliphatic carbocycles. The summed E-state index contributed by atoms with van der Waals surface area (Å²) in [5, 5.41) is 4.98.